The molecule has 0 aromatic carbocycles. The number of carbonyl (C=O) groups is 4. The average molecular weight is 226 g/mol. The third-order valence-electron chi connectivity index (χ3n) is 1.24. The van der Waals surface area contributed by atoms with Gasteiger partial charge in [-0.3, -0.25) is 9.59 Å². The summed E-state index contributed by atoms with van der Waals surface area (Å²) in [5.41, 5.74) is 0. The van der Waals surface area contributed by atoms with Crippen molar-refractivity contribution in [2.45, 2.75) is 0 Å². The van der Waals surface area contributed by atoms with Gasteiger partial charge >= 0.3 is 23.5 Å². The van der Waals surface area contributed by atoms with Crippen LogP contribution in [0.4, 0.5) is 0 Å². The van der Waals surface area contributed by atoms with Crippen molar-refractivity contribution >= 4 is 23.5 Å². The molecule has 0 atom stereocenters. The maximum atomic E-state index is 11.0. The van der Waals surface area contributed by atoms with Crippen LogP contribution in [0.5, 0.6) is 0 Å². The molecule has 0 heterocycles. The average Bonchev–Trinajstić information content (AvgIpc) is 2.30. The summed E-state index contributed by atoms with van der Waals surface area (Å²) in [6, 6.07) is 0. The first-order valence-electron chi connectivity index (χ1n) is 4.19. The van der Waals surface area contributed by atoms with E-state index >= 15 is 0 Å². The minimum atomic E-state index is -1.57. The van der Waals surface area contributed by atoms with E-state index in [9.17, 15) is 19.2 Å². The fourth-order valence-electron chi connectivity index (χ4n) is 0.586. The van der Waals surface area contributed by atoms with Crippen molar-refractivity contribution in [3.63, 3.8) is 0 Å². The Morgan fingerprint density at radius 2 is 1.12 bits per heavy atom. The fraction of sp³-hybridized carbons (Fsp3) is 0.200. The zero-order chi connectivity index (χ0) is 12.6. The third kappa shape index (κ3) is 4.32. The number of carbonyl (C=O) groups excluding carboxylic acids is 4. The van der Waals surface area contributed by atoms with E-state index in [-0.39, 0.29) is 13.2 Å². The van der Waals surface area contributed by atoms with Crippen molar-refractivity contribution in [2.75, 3.05) is 13.2 Å². The Morgan fingerprint density at radius 1 is 0.812 bits per heavy atom. The van der Waals surface area contributed by atoms with Crippen LogP contribution >= 0.6 is 0 Å². The van der Waals surface area contributed by atoms with Crippen molar-refractivity contribution < 1.29 is 28.7 Å². The molecule has 0 bridgehead atoms. The molecule has 0 aliphatic carbocycles. The molecular formula is C10H10O6. The summed E-state index contributed by atoms with van der Waals surface area (Å²) in [6.07, 6.45) is 2.43. The second kappa shape index (κ2) is 7.10. The first kappa shape index (κ1) is 13.8. The minimum absolute atomic E-state index is 0.223. The van der Waals surface area contributed by atoms with E-state index in [2.05, 4.69) is 22.6 Å². The van der Waals surface area contributed by atoms with E-state index in [1.807, 2.05) is 0 Å². The minimum Gasteiger partial charge on any atom is -0.455 e. The van der Waals surface area contributed by atoms with Gasteiger partial charge in [0.2, 0.25) is 0 Å². The number of ketones is 2. The molecule has 0 radical (unpaired) electrons. The molecule has 0 spiro atoms. The van der Waals surface area contributed by atoms with Crippen molar-refractivity contribution in [2.24, 2.45) is 0 Å². The fourth-order valence-corrected chi connectivity index (χ4v) is 0.586. The van der Waals surface area contributed by atoms with Crippen LogP contribution in [-0.2, 0) is 28.7 Å². The van der Waals surface area contributed by atoms with Crippen molar-refractivity contribution in [3.8, 4) is 0 Å². The topological polar surface area (TPSA) is 86.7 Å². The van der Waals surface area contributed by atoms with E-state index in [1.165, 1.54) is 12.2 Å². The smallest absolute Gasteiger partial charge is 0.383 e. The first-order chi connectivity index (χ1) is 7.54. The number of esters is 2. The normalized spacial score (nSPS) is 8.75. The van der Waals surface area contributed by atoms with Gasteiger partial charge in [0.25, 0.3) is 0 Å². The molecule has 0 amide bonds. The highest BCUT2D eigenvalue weighted by Crippen LogP contribution is 1.89. The van der Waals surface area contributed by atoms with E-state index < -0.39 is 23.5 Å². The lowest BCUT2D eigenvalue weighted by molar-refractivity contribution is -0.162. The van der Waals surface area contributed by atoms with Gasteiger partial charge in [-0.2, -0.15) is 0 Å². The molecule has 86 valence electrons. The van der Waals surface area contributed by atoms with Gasteiger partial charge in [0.15, 0.2) is 0 Å². The second-order valence-corrected chi connectivity index (χ2v) is 2.43. The Kier molecular flexibility index (Phi) is 6.11. The van der Waals surface area contributed by atoms with Gasteiger partial charge in [0, 0.05) is 0 Å². The molecule has 0 saturated heterocycles. The molecule has 6 heteroatoms. The van der Waals surface area contributed by atoms with Gasteiger partial charge in [0.05, 0.1) is 0 Å². The Bertz CT molecular complexity index is 307. The SMILES string of the molecule is C=CCOC(=O)C(=O)C(=O)C(=O)OCC=C. The molecule has 0 unspecified atom stereocenters. The quantitative estimate of drug-likeness (QED) is 0.253. The Labute approximate surface area is 91.5 Å². The van der Waals surface area contributed by atoms with Crippen LogP contribution < -0.4 is 0 Å². The molecular weight excluding hydrogens is 216 g/mol. The molecule has 6 nitrogen and oxygen atoms in total. The van der Waals surface area contributed by atoms with Gasteiger partial charge in [0.1, 0.15) is 13.2 Å². The van der Waals surface area contributed by atoms with Crippen LogP contribution in [0.1, 0.15) is 0 Å². The number of ether oxygens (including phenoxy) is 2. The van der Waals surface area contributed by atoms with E-state index in [0.717, 1.165) is 0 Å². The molecule has 0 aromatic heterocycles. The molecule has 0 fully saturated rings. The summed E-state index contributed by atoms with van der Waals surface area (Å²) < 4.78 is 8.55. The molecule has 0 saturated carbocycles. The highest BCUT2D eigenvalue weighted by molar-refractivity contribution is 6.76. The van der Waals surface area contributed by atoms with Gasteiger partial charge in [-0.1, -0.05) is 25.3 Å². The van der Waals surface area contributed by atoms with Crippen LogP contribution in [0, 0.1) is 0 Å². The largest absolute Gasteiger partial charge is 0.455 e. The van der Waals surface area contributed by atoms with Crippen LogP contribution in [0.25, 0.3) is 0 Å². The maximum absolute atomic E-state index is 11.0. The third-order valence-corrected chi connectivity index (χ3v) is 1.24. The predicted octanol–water partition coefficient (Wildman–Crippen LogP) is -0.417. The summed E-state index contributed by atoms with van der Waals surface area (Å²) in [5, 5.41) is 0. The summed E-state index contributed by atoms with van der Waals surface area (Å²) >= 11 is 0. The first-order valence-corrected chi connectivity index (χ1v) is 4.19. The monoisotopic (exact) mass is 226 g/mol. The van der Waals surface area contributed by atoms with Crippen LogP contribution in [0.2, 0.25) is 0 Å². The van der Waals surface area contributed by atoms with Gasteiger partial charge in [-0.25, -0.2) is 9.59 Å². The van der Waals surface area contributed by atoms with Crippen molar-refractivity contribution in [1.29, 1.82) is 0 Å². The predicted molar refractivity (Wildman–Crippen MR) is 52.3 cm³/mol. The Balaban J connectivity index is 4.31. The molecule has 0 rings (SSSR count). The second-order valence-electron chi connectivity index (χ2n) is 2.43. The number of rotatable bonds is 7. The number of hydrogen-bond donors (Lipinski definition) is 0. The summed E-state index contributed by atoms with van der Waals surface area (Å²) in [7, 11) is 0. The van der Waals surface area contributed by atoms with Gasteiger partial charge in [-0.05, 0) is 0 Å². The van der Waals surface area contributed by atoms with Crippen LogP contribution in [0.15, 0.2) is 25.3 Å². The van der Waals surface area contributed by atoms with Crippen LogP contribution in [0.3, 0.4) is 0 Å². The van der Waals surface area contributed by atoms with Crippen LogP contribution in [-0.4, -0.2) is 36.7 Å². The van der Waals surface area contributed by atoms with Gasteiger partial charge < -0.3 is 9.47 Å². The van der Waals surface area contributed by atoms with E-state index in [1.54, 1.807) is 0 Å². The Hall–Kier alpha value is -2.24. The van der Waals surface area contributed by atoms with Crippen molar-refractivity contribution in [1.82, 2.24) is 0 Å². The summed E-state index contributed by atoms with van der Waals surface area (Å²) in [5.74, 6) is -5.98. The Morgan fingerprint density at radius 3 is 1.38 bits per heavy atom. The molecule has 16 heavy (non-hydrogen) atoms. The lowest BCUT2D eigenvalue weighted by Crippen LogP contribution is -2.33. The highest BCUT2D eigenvalue weighted by atomic mass is 16.5. The maximum Gasteiger partial charge on any atom is 0.383 e. The molecule has 0 aliphatic rings. The van der Waals surface area contributed by atoms with Crippen molar-refractivity contribution in [3.05, 3.63) is 25.3 Å². The summed E-state index contributed by atoms with van der Waals surface area (Å²) in [6.45, 7) is 6.03. The standard InChI is InChI=1S/C10H10O6/c1-3-5-15-9(13)7(11)8(12)10(14)16-6-4-2/h3-4H,1-2,5-6H2. The lowest BCUT2D eigenvalue weighted by atomic mass is 10.2. The zero-order valence-electron chi connectivity index (χ0n) is 8.43. The molecule has 0 aromatic rings. The summed E-state index contributed by atoms with van der Waals surface area (Å²) in [4.78, 5) is 43.6. The molecule has 0 N–H and O–H groups in total. The highest BCUT2D eigenvalue weighted by Gasteiger charge is 2.31. The van der Waals surface area contributed by atoms with E-state index in [4.69, 9.17) is 0 Å². The van der Waals surface area contributed by atoms with Gasteiger partial charge in [-0.15, -0.1) is 0 Å². The zero-order valence-corrected chi connectivity index (χ0v) is 8.43. The lowest BCUT2D eigenvalue weighted by Gasteiger charge is -2.00. The number of hydrogen-bond acceptors (Lipinski definition) is 6. The molecule has 0 aliphatic heterocycles. The number of Topliss-reactive ketones (excluding diaryl/α,β-unsaturated/α-hetero) is 2. The van der Waals surface area contributed by atoms with E-state index in [0.29, 0.717) is 0 Å².